The molecule has 0 saturated heterocycles. The van der Waals surface area contributed by atoms with Gasteiger partial charge in [0, 0.05) is 11.2 Å². The molecule has 4 nitrogen and oxygen atoms in total. The van der Waals surface area contributed by atoms with E-state index in [1.165, 1.54) is 16.8 Å². The van der Waals surface area contributed by atoms with Crippen LogP contribution in [0.4, 0.5) is 5.69 Å². The summed E-state index contributed by atoms with van der Waals surface area (Å²) in [6.45, 7) is 10.8. The Morgan fingerprint density at radius 1 is 1.52 bits per heavy atom. The van der Waals surface area contributed by atoms with Crippen LogP contribution in [0.15, 0.2) is 18.2 Å². The molecule has 21 heavy (non-hydrogen) atoms. The van der Waals surface area contributed by atoms with Crippen LogP contribution in [0, 0.1) is 6.92 Å². The maximum atomic E-state index is 12.3. The Morgan fingerprint density at radius 2 is 2.19 bits per heavy atom. The van der Waals surface area contributed by atoms with E-state index in [1.54, 1.807) is 0 Å². The highest BCUT2D eigenvalue weighted by Gasteiger charge is 2.42. The number of nitrogens with one attached hydrogen (secondary N) is 1. The number of anilines is 1. The lowest BCUT2D eigenvalue weighted by molar-refractivity contribution is -0.122. The minimum Gasteiger partial charge on any atom is -0.354 e. The zero-order chi connectivity index (χ0) is 15.8. The number of benzene rings is 1. The third-order valence-corrected chi connectivity index (χ3v) is 4.64. The minimum absolute atomic E-state index is 0.0777. The van der Waals surface area contributed by atoms with Crippen molar-refractivity contribution in [2.75, 3.05) is 4.90 Å². The third kappa shape index (κ3) is 2.64. The summed E-state index contributed by atoms with van der Waals surface area (Å²) in [5.74, 6) is 5.78. The highest BCUT2D eigenvalue weighted by molar-refractivity contribution is 5.86. The molecule has 0 fully saturated rings. The van der Waals surface area contributed by atoms with Gasteiger partial charge in [0.05, 0.1) is 0 Å². The van der Waals surface area contributed by atoms with E-state index in [-0.39, 0.29) is 17.5 Å². The number of fused-ring (bicyclic) bond motifs is 1. The van der Waals surface area contributed by atoms with Gasteiger partial charge in [-0.2, -0.15) is 0 Å². The van der Waals surface area contributed by atoms with Crippen molar-refractivity contribution >= 4 is 11.6 Å². The molecule has 0 aliphatic carbocycles. The summed E-state index contributed by atoms with van der Waals surface area (Å²) in [6.07, 6.45) is 1.76. The Hall–Kier alpha value is -1.55. The molecule has 0 bridgehead atoms. The van der Waals surface area contributed by atoms with Gasteiger partial charge in [0.1, 0.15) is 6.04 Å². The first-order chi connectivity index (χ1) is 9.83. The molecule has 1 heterocycles. The first-order valence-corrected chi connectivity index (χ1v) is 7.72. The van der Waals surface area contributed by atoms with Gasteiger partial charge in [-0.3, -0.25) is 10.2 Å². The number of nitrogens with two attached hydrogens (primary N) is 1. The van der Waals surface area contributed by atoms with Crippen LogP contribution in [-0.2, 0) is 4.79 Å². The van der Waals surface area contributed by atoms with Gasteiger partial charge < -0.3 is 4.90 Å². The molecular weight excluding hydrogens is 262 g/mol. The molecule has 0 spiro atoms. The average molecular weight is 289 g/mol. The molecule has 2 rings (SSSR count). The molecule has 0 radical (unpaired) electrons. The van der Waals surface area contributed by atoms with Crippen LogP contribution in [0.25, 0.3) is 0 Å². The van der Waals surface area contributed by atoms with Crippen molar-refractivity contribution in [3.05, 3.63) is 29.3 Å². The van der Waals surface area contributed by atoms with E-state index in [1.807, 2.05) is 6.92 Å². The number of amides is 1. The Kier molecular flexibility index (Phi) is 4.28. The Balaban J connectivity index is 2.62. The first kappa shape index (κ1) is 15.8. The van der Waals surface area contributed by atoms with E-state index in [9.17, 15) is 4.79 Å². The molecule has 0 unspecified atom stereocenters. The Bertz CT molecular complexity index is 539. The molecule has 1 aliphatic rings. The van der Waals surface area contributed by atoms with Crippen molar-refractivity contribution in [1.82, 2.24) is 5.43 Å². The van der Waals surface area contributed by atoms with E-state index in [0.29, 0.717) is 5.92 Å². The molecule has 0 aromatic heterocycles. The largest absolute Gasteiger partial charge is 0.354 e. The fraction of sp³-hybridized carbons (Fsp3) is 0.588. The standard InChI is InChI=1S/C17H27N3O/c1-6-14(16(21)19-18)20-15-11(2)8-7-9-13(15)12(3)10-17(20,4)5/h7-9,12,14H,6,10,18H2,1-5H3,(H,19,21)/t12-,14-/m0/s1. The maximum Gasteiger partial charge on any atom is 0.256 e. The quantitative estimate of drug-likeness (QED) is 0.511. The number of hydrazine groups is 1. The third-order valence-electron chi connectivity index (χ3n) is 4.64. The van der Waals surface area contributed by atoms with Crippen LogP contribution >= 0.6 is 0 Å². The fourth-order valence-electron chi connectivity index (χ4n) is 3.83. The molecular formula is C17H27N3O. The van der Waals surface area contributed by atoms with E-state index in [2.05, 4.69) is 56.2 Å². The second-order valence-corrected chi connectivity index (χ2v) is 6.73. The highest BCUT2D eigenvalue weighted by atomic mass is 16.2. The SMILES string of the molecule is CC[C@@H](C(=O)NN)N1c2c(C)cccc2[C@@H](C)CC1(C)C. The maximum absolute atomic E-state index is 12.3. The predicted molar refractivity (Wildman–Crippen MR) is 87.2 cm³/mol. The van der Waals surface area contributed by atoms with Crippen LogP contribution in [0.3, 0.4) is 0 Å². The van der Waals surface area contributed by atoms with Crippen molar-refractivity contribution in [1.29, 1.82) is 0 Å². The predicted octanol–water partition coefficient (Wildman–Crippen LogP) is 2.86. The molecule has 4 heteroatoms. The normalized spacial score (nSPS) is 21.6. The van der Waals surface area contributed by atoms with Crippen LogP contribution in [0.5, 0.6) is 0 Å². The molecule has 2 atom stereocenters. The van der Waals surface area contributed by atoms with E-state index in [4.69, 9.17) is 5.84 Å². The number of rotatable bonds is 3. The summed E-state index contributed by atoms with van der Waals surface area (Å²) in [5, 5.41) is 0. The lowest BCUT2D eigenvalue weighted by atomic mass is 9.78. The monoisotopic (exact) mass is 289 g/mol. The number of nitrogens with zero attached hydrogens (tertiary/aromatic N) is 1. The molecule has 116 valence electrons. The van der Waals surface area contributed by atoms with Gasteiger partial charge >= 0.3 is 0 Å². The lowest BCUT2D eigenvalue weighted by Crippen LogP contribution is -2.59. The van der Waals surface area contributed by atoms with E-state index < -0.39 is 0 Å². The van der Waals surface area contributed by atoms with Gasteiger partial charge in [0.25, 0.3) is 5.91 Å². The van der Waals surface area contributed by atoms with Crippen LogP contribution < -0.4 is 16.2 Å². The topological polar surface area (TPSA) is 58.4 Å². The summed E-state index contributed by atoms with van der Waals surface area (Å²) in [4.78, 5) is 14.5. The molecule has 1 aromatic rings. The van der Waals surface area contributed by atoms with Crippen LogP contribution in [0.2, 0.25) is 0 Å². The number of aryl methyl sites for hydroxylation is 1. The highest BCUT2D eigenvalue weighted by Crippen LogP contribution is 2.46. The number of carbonyl (C=O) groups is 1. The molecule has 0 saturated carbocycles. The second kappa shape index (κ2) is 5.68. The Morgan fingerprint density at radius 3 is 2.76 bits per heavy atom. The fourth-order valence-corrected chi connectivity index (χ4v) is 3.83. The van der Waals surface area contributed by atoms with E-state index >= 15 is 0 Å². The van der Waals surface area contributed by atoms with Crippen molar-refractivity contribution < 1.29 is 4.79 Å². The van der Waals surface area contributed by atoms with E-state index in [0.717, 1.165) is 12.8 Å². The zero-order valence-electron chi connectivity index (χ0n) is 13.7. The summed E-state index contributed by atoms with van der Waals surface area (Å²) >= 11 is 0. The van der Waals surface area contributed by atoms with Gasteiger partial charge in [-0.05, 0) is 50.7 Å². The molecule has 1 amide bonds. The molecule has 1 aliphatic heterocycles. The smallest absolute Gasteiger partial charge is 0.256 e. The number of hydrogen-bond acceptors (Lipinski definition) is 3. The van der Waals surface area contributed by atoms with Crippen molar-refractivity contribution in [2.24, 2.45) is 5.84 Å². The lowest BCUT2D eigenvalue weighted by Gasteiger charge is -2.51. The van der Waals surface area contributed by atoms with Crippen LogP contribution in [-0.4, -0.2) is 17.5 Å². The van der Waals surface area contributed by atoms with Gasteiger partial charge in [0.2, 0.25) is 0 Å². The number of hydrogen-bond donors (Lipinski definition) is 2. The van der Waals surface area contributed by atoms with Crippen molar-refractivity contribution in [3.63, 3.8) is 0 Å². The second-order valence-electron chi connectivity index (χ2n) is 6.73. The first-order valence-electron chi connectivity index (χ1n) is 7.72. The summed E-state index contributed by atoms with van der Waals surface area (Å²) in [6, 6.07) is 6.16. The van der Waals surface area contributed by atoms with Crippen molar-refractivity contribution in [2.45, 2.75) is 65.0 Å². The molecule has 1 aromatic carbocycles. The average Bonchev–Trinajstić information content (AvgIpc) is 2.42. The Labute approximate surface area is 127 Å². The summed E-state index contributed by atoms with van der Waals surface area (Å²) in [5.41, 5.74) is 6.01. The number of carbonyl (C=O) groups excluding carboxylic acids is 1. The van der Waals surface area contributed by atoms with Gasteiger partial charge in [-0.1, -0.05) is 32.0 Å². The van der Waals surface area contributed by atoms with Gasteiger partial charge in [-0.15, -0.1) is 0 Å². The van der Waals surface area contributed by atoms with Crippen LogP contribution in [0.1, 0.15) is 57.6 Å². The molecule has 3 N–H and O–H groups in total. The van der Waals surface area contributed by atoms with Gasteiger partial charge in [0.15, 0.2) is 0 Å². The number of para-hydroxylation sites is 1. The zero-order valence-corrected chi connectivity index (χ0v) is 13.7. The minimum atomic E-state index is -0.239. The van der Waals surface area contributed by atoms with Crippen molar-refractivity contribution in [3.8, 4) is 0 Å². The van der Waals surface area contributed by atoms with Gasteiger partial charge in [-0.25, -0.2) is 5.84 Å². The summed E-state index contributed by atoms with van der Waals surface area (Å²) in [7, 11) is 0. The summed E-state index contributed by atoms with van der Waals surface area (Å²) < 4.78 is 0.